The molecule has 33 heavy (non-hydrogen) atoms. The molecule has 0 radical (unpaired) electrons. The number of H-pyrrole nitrogens is 1. The third-order valence-electron chi connectivity index (χ3n) is 6.90. The maximum atomic E-state index is 9.75. The van der Waals surface area contributed by atoms with Gasteiger partial charge in [-0.1, -0.05) is 55.5 Å². The van der Waals surface area contributed by atoms with E-state index in [0.29, 0.717) is 0 Å². The van der Waals surface area contributed by atoms with E-state index >= 15 is 0 Å². The van der Waals surface area contributed by atoms with Gasteiger partial charge in [-0.25, -0.2) is 0 Å². The predicted octanol–water partition coefficient (Wildman–Crippen LogP) is 6.26. The molecule has 0 aliphatic carbocycles. The number of hydrogen-bond acceptors (Lipinski definition) is 2. The molecule has 3 aromatic carbocycles. The van der Waals surface area contributed by atoms with Crippen molar-refractivity contribution in [3.05, 3.63) is 102 Å². The van der Waals surface area contributed by atoms with Gasteiger partial charge in [0.05, 0.1) is 7.11 Å². The number of aromatic nitrogens is 2. The fraction of sp³-hybridized carbons (Fsp3) is 0.241. The van der Waals surface area contributed by atoms with Crippen LogP contribution in [0.4, 0.5) is 0 Å². The quantitative estimate of drug-likeness (QED) is 0.300. The number of nitrogens with zero attached hydrogens (tertiary/aromatic N) is 1. The first kappa shape index (κ1) is 21.4. The van der Waals surface area contributed by atoms with Crippen LogP contribution in [0.1, 0.15) is 36.5 Å². The first-order chi connectivity index (χ1) is 16.1. The number of para-hydroxylation sites is 1. The van der Waals surface area contributed by atoms with Gasteiger partial charge >= 0.3 is 0 Å². The summed E-state index contributed by atoms with van der Waals surface area (Å²) in [6.45, 7) is 3.29. The van der Waals surface area contributed by atoms with E-state index in [9.17, 15) is 5.11 Å². The lowest BCUT2D eigenvalue weighted by Gasteiger charge is -2.30. The summed E-state index contributed by atoms with van der Waals surface area (Å²) in [5.41, 5.74) is 5.82. The minimum Gasteiger partial charge on any atom is -0.497 e. The third kappa shape index (κ3) is 3.81. The summed E-state index contributed by atoms with van der Waals surface area (Å²) in [6.07, 6.45) is 6.01. The summed E-state index contributed by atoms with van der Waals surface area (Å²) in [5.74, 6) is 0.847. The summed E-state index contributed by atoms with van der Waals surface area (Å²) in [5, 5.41) is 12.2. The number of aliphatic hydroxyl groups is 1. The average Bonchev–Trinajstić information content (AvgIpc) is 3.45. The van der Waals surface area contributed by atoms with Gasteiger partial charge in [0, 0.05) is 52.8 Å². The van der Waals surface area contributed by atoms with Gasteiger partial charge in [-0.05, 0) is 53.8 Å². The highest BCUT2D eigenvalue weighted by atomic mass is 16.5. The Bertz CT molecular complexity index is 1380. The van der Waals surface area contributed by atoms with Crippen molar-refractivity contribution in [2.24, 2.45) is 0 Å². The first-order valence-corrected chi connectivity index (χ1v) is 11.5. The van der Waals surface area contributed by atoms with E-state index in [4.69, 9.17) is 4.74 Å². The number of aromatic amines is 1. The molecule has 2 N–H and O–H groups in total. The number of hydrogen-bond donors (Lipinski definition) is 2. The number of rotatable bonds is 8. The number of methoxy groups -OCH3 is 1. The van der Waals surface area contributed by atoms with Crippen LogP contribution in [-0.4, -0.2) is 28.4 Å². The normalized spacial score (nSPS) is 13.4. The van der Waals surface area contributed by atoms with E-state index in [1.807, 2.05) is 6.07 Å². The van der Waals surface area contributed by atoms with Crippen molar-refractivity contribution < 1.29 is 9.84 Å². The van der Waals surface area contributed by atoms with E-state index in [1.165, 1.54) is 27.6 Å². The molecular weight excluding hydrogens is 408 g/mol. The molecule has 4 nitrogen and oxygen atoms in total. The molecule has 5 rings (SSSR count). The standard InChI is InChI=1S/C29H30N2O2/c1-29(15-8-16-32,25-18-30-27-14-13-22(33-2)17-24(25)27)26-20-31(19-21-9-4-3-5-10-21)28-12-7-6-11-23(26)28/h3-7,9-14,17-18,20,30,32H,8,15-16,19H2,1-2H3. The van der Waals surface area contributed by atoms with Crippen molar-refractivity contribution >= 4 is 21.8 Å². The van der Waals surface area contributed by atoms with Crippen molar-refractivity contribution in [2.75, 3.05) is 13.7 Å². The zero-order chi connectivity index (χ0) is 22.8. The average molecular weight is 439 g/mol. The van der Waals surface area contributed by atoms with E-state index in [-0.39, 0.29) is 12.0 Å². The topological polar surface area (TPSA) is 50.2 Å². The van der Waals surface area contributed by atoms with Crippen molar-refractivity contribution in [2.45, 2.75) is 31.7 Å². The molecule has 4 heteroatoms. The fourth-order valence-corrected chi connectivity index (χ4v) is 5.13. The van der Waals surface area contributed by atoms with Crippen LogP contribution < -0.4 is 4.74 Å². The maximum absolute atomic E-state index is 9.75. The molecule has 0 aliphatic heterocycles. The summed E-state index contributed by atoms with van der Waals surface area (Å²) in [4.78, 5) is 3.46. The van der Waals surface area contributed by atoms with Crippen LogP contribution in [0.25, 0.3) is 21.8 Å². The number of benzene rings is 3. The molecule has 1 unspecified atom stereocenters. The van der Waals surface area contributed by atoms with Gasteiger partial charge in [0.25, 0.3) is 0 Å². The van der Waals surface area contributed by atoms with Gasteiger partial charge in [-0.15, -0.1) is 0 Å². The molecule has 0 saturated carbocycles. The number of ether oxygens (including phenoxy) is 1. The van der Waals surface area contributed by atoms with Gasteiger partial charge in [0.1, 0.15) is 5.75 Å². The van der Waals surface area contributed by atoms with Crippen LogP contribution >= 0.6 is 0 Å². The Balaban J connectivity index is 1.71. The molecule has 0 bridgehead atoms. The minimum atomic E-state index is -0.283. The SMILES string of the molecule is COc1ccc2[nH]cc(C(C)(CCCO)c3cn(Cc4ccccc4)c4ccccc34)c2c1. The predicted molar refractivity (Wildman–Crippen MR) is 135 cm³/mol. The molecule has 0 amide bonds. The summed E-state index contributed by atoms with van der Waals surface area (Å²) in [6, 6.07) is 25.4. The van der Waals surface area contributed by atoms with Crippen LogP contribution in [0, 0.1) is 0 Å². The molecule has 0 aliphatic rings. The summed E-state index contributed by atoms with van der Waals surface area (Å²) < 4.78 is 7.88. The van der Waals surface area contributed by atoms with Gasteiger partial charge in [0.2, 0.25) is 0 Å². The molecule has 0 saturated heterocycles. The molecule has 168 valence electrons. The summed E-state index contributed by atoms with van der Waals surface area (Å²) in [7, 11) is 1.70. The van der Waals surface area contributed by atoms with Crippen LogP contribution in [0.5, 0.6) is 5.75 Å². The minimum absolute atomic E-state index is 0.171. The Morgan fingerprint density at radius 2 is 1.73 bits per heavy atom. The second-order valence-electron chi connectivity index (χ2n) is 8.95. The van der Waals surface area contributed by atoms with Crippen molar-refractivity contribution in [1.29, 1.82) is 0 Å². The fourth-order valence-electron chi connectivity index (χ4n) is 5.13. The number of aliphatic hydroxyl groups excluding tert-OH is 1. The zero-order valence-electron chi connectivity index (χ0n) is 19.2. The maximum Gasteiger partial charge on any atom is 0.119 e. The molecule has 2 aromatic heterocycles. The van der Waals surface area contributed by atoms with Crippen molar-refractivity contribution in [3.63, 3.8) is 0 Å². The lowest BCUT2D eigenvalue weighted by atomic mass is 9.73. The first-order valence-electron chi connectivity index (χ1n) is 11.5. The van der Waals surface area contributed by atoms with Crippen LogP contribution in [0.3, 0.4) is 0 Å². The number of fused-ring (bicyclic) bond motifs is 2. The molecular formula is C29H30N2O2. The Morgan fingerprint density at radius 3 is 2.52 bits per heavy atom. The lowest BCUT2D eigenvalue weighted by molar-refractivity contribution is 0.272. The molecule has 0 spiro atoms. The van der Waals surface area contributed by atoms with Gasteiger partial charge in [-0.2, -0.15) is 0 Å². The molecule has 1 atom stereocenters. The van der Waals surface area contributed by atoms with E-state index in [0.717, 1.165) is 36.0 Å². The second-order valence-corrected chi connectivity index (χ2v) is 8.95. The van der Waals surface area contributed by atoms with Crippen molar-refractivity contribution in [1.82, 2.24) is 9.55 Å². The zero-order valence-corrected chi connectivity index (χ0v) is 19.2. The highest BCUT2D eigenvalue weighted by molar-refractivity contribution is 5.90. The third-order valence-corrected chi connectivity index (χ3v) is 6.90. The highest BCUT2D eigenvalue weighted by Crippen LogP contribution is 2.44. The highest BCUT2D eigenvalue weighted by Gasteiger charge is 2.34. The lowest BCUT2D eigenvalue weighted by Crippen LogP contribution is -2.24. The van der Waals surface area contributed by atoms with Gasteiger partial charge < -0.3 is 19.4 Å². The Hall–Kier alpha value is -3.50. The van der Waals surface area contributed by atoms with Gasteiger partial charge in [-0.3, -0.25) is 0 Å². The largest absolute Gasteiger partial charge is 0.497 e. The van der Waals surface area contributed by atoms with E-state index in [1.54, 1.807) is 7.11 Å². The molecule has 5 aromatic rings. The van der Waals surface area contributed by atoms with Crippen LogP contribution in [0.2, 0.25) is 0 Å². The Kier molecular flexibility index (Phi) is 5.69. The number of nitrogens with one attached hydrogen (secondary N) is 1. The molecule has 0 fully saturated rings. The monoisotopic (exact) mass is 438 g/mol. The Morgan fingerprint density at radius 1 is 0.939 bits per heavy atom. The van der Waals surface area contributed by atoms with E-state index < -0.39 is 0 Å². The van der Waals surface area contributed by atoms with Gasteiger partial charge in [0.15, 0.2) is 0 Å². The molecule has 2 heterocycles. The van der Waals surface area contributed by atoms with Crippen LogP contribution in [0.15, 0.2) is 85.2 Å². The van der Waals surface area contributed by atoms with Crippen LogP contribution in [-0.2, 0) is 12.0 Å². The van der Waals surface area contributed by atoms with E-state index in [2.05, 4.69) is 95.6 Å². The Labute approximate surface area is 194 Å². The second kappa shape index (κ2) is 8.80. The van der Waals surface area contributed by atoms with Crippen molar-refractivity contribution in [3.8, 4) is 5.75 Å². The summed E-state index contributed by atoms with van der Waals surface area (Å²) >= 11 is 0. The smallest absolute Gasteiger partial charge is 0.119 e.